The minimum Gasteiger partial charge on any atom is -0.496 e. The van der Waals surface area contributed by atoms with Crippen LogP contribution in [-0.4, -0.2) is 36.2 Å². The Morgan fingerprint density at radius 1 is 1.44 bits per heavy atom. The fraction of sp³-hybridized carbons (Fsp3) is 0.500. The van der Waals surface area contributed by atoms with Crippen molar-refractivity contribution in [1.82, 2.24) is 4.90 Å². The summed E-state index contributed by atoms with van der Waals surface area (Å²) < 4.78 is 5.30. The molecule has 0 radical (unpaired) electrons. The molecule has 4 nitrogen and oxygen atoms in total. The van der Waals surface area contributed by atoms with Gasteiger partial charge in [-0.05, 0) is 19.5 Å². The highest BCUT2D eigenvalue weighted by molar-refractivity contribution is 5.67. The molecule has 1 atom stereocenters. The third-order valence-corrected chi connectivity index (χ3v) is 3.12. The lowest BCUT2D eigenvalue weighted by molar-refractivity contribution is -0.138. The number of rotatable bonds is 7. The fourth-order valence-corrected chi connectivity index (χ4v) is 2.04. The SMILES string of the molecule is CCC(CC(=O)O)N(C)Cc1ccccc1OC. The molecular formula is C14H21NO3. The lowest BCUT2D eigenvalue weighted by atomic mass is 10.1. The van der Waals surface area contributed by atoms with Gasteiger partial charge in [-0.1, -0.05) is 25.1 Å². The molecule has 1 aromatic rings. The van der Waals surface area contributed by atoms with Crippen LogP contribution in [0.3, 0.4) is 0 Å². The third-order valence-electron chi connectivity index (χ3n) is 3.12. The van der Waals surface area contributed by atoms with Crippen LogP contribution in [0.25, 0.3) is 0 Å². The average molecular weight is 251 g/mol. The van der Waals surface area contributed by atoms with Crippen molar-refractivity contribution in [3.63, 3.8) is 0 Å². The molecular weight excluding hydrogens is 230 g/mol. The van der Waals surface area contributed by atoms with Gasteiger partial charge in [0.05, 0.1) is 13.5 Å². The lowest BCUT2D eigenvalue weighted by Crippen LogP contribution is -2.32. The molecule has 1 N–H and O–H groups in total. The molecule has 0 aliphatic carbocycles. The monoisotopic (exact) mass is 251 g/mol. The van der Waals surface area contributed by atoms with E-state index in [0.29, 0.717) is 6.54 Å². The predicted molar refractivity (Wildman–Crippen MR) is 70.8 cm³/mol. The number of hydrogen-bond donors (Lipinski definition) is 1. The number of aliphatic carboxylic acids is 1. The summed E-state index contributed by atoms with van der Waals surface area (Å²) in [5.41, 5.74) is 1.08. The van der Waals surface area contributed by atoms with Crippen LogP contribution in [0.1, 0.15) is 25.3 Å². The first-order valence-electron chi connectivity index (χ1n) is 6.12. The minimum absolute atomic E-state index is 0.0485. The van der Waals surface area contributed by atoms with E-state index in [1.807, 2.05) is 38.2 Å². The van der Waals surface area contributed by atoms with Gasteiger partial charge in [0.25, 0.3) is 0 Å². The van der Waals surface area contributed by atoms with Crippen molar-refractivity contribution in [2.24, 2.45) is 0 Å². The van der Waals surface area contributed by atoms with Gasteiger partial charge >= 0.3 is 5.97 Å². The molecule has 18 heavy (non-hydrogen) atoms. The van der Waals surface area contributed by atoms with Crippen molar-refractivity contribution >= 4 is 5.97 Å². The molecule has 0 aliphatic heterocycles. The highest BCUT2D eigenvalue weighted by Gasteiger charge is 2.17. The van der Waals surface area contributed by atoms with Gasteiger partial charge in [-0.3, -0.25) is 9.69 Å². The Bertz CT molecular complexity index is 392. The van der Waals surface area contributed by atoms with Crippen LogP contribution in [0.15, 0.2) is 24.3 Å². The van der Waals surface area contributed by atoms with Crippen LogP contribution in [0.5, 0.6) is 5.75 Å². The Morgan fingerprint density at radius 2 is 2.11 bits per heavy atom. The second-order valence-corrected chi connectivity index (χ2v) is 4.39. The Hall–Kier alpha value is -1.55. The van der Waals surface area contributed by atoms with Crippen molar-refractivity contribution in [1.29, 1.82) is 0 Å². The van der Waals surface area contributed by atoms with Gasteiger partial charge < -0.3 is 9.84 Å². The largest absolute Gasteiger partial charge is 0.496 e. The van der Waals surface area contributed by atoms with E-state index < -0.39 is 5.97 Å². The summed E-state index contributed by atoms with van der Waals surface area (Å²) in [4.78, 5) is 12.9. The first-order chi connectivity index (χ1) is 8.58. The molecule has 0 saturated heterocycles. The average Bonchev–Trinajstić information content (AvgIpc) is 2.36. The summed E-state index contributed by atoms with van der Waals surface area (Å²) in [6.07, 6.45) is 0.986. The molecule has 1 rings (SSSR count). The van der Waals surface area contributed by atoms with E-state index in [9.17, 15) is 4.79 Å². The number of nitrogens with zero attached hydrogens (tertiary/aromatic N) is 1. The number of ether oxygens (including phenoxy) is 1. The Labute approximate surface area is 108 Å². The van der Waals surface area contributed by atoms with Gasteiger partial charge in [0.15, 0.2) is 0 Å². The second kappa shape index (κ2) is 7.01. The number of carbonyl (C=O) groups is 1. The van der Waals surface area contributed by atoms with Crippen molar-refractivity contribution in [2.75, 3.05) is 14.2 Å². The molecule has 4 heteroatoms. The van der Waals surface area contributed by atoms with Gasteiger partial charge in [-0.15, -0.1) is 0 Å². The maximum absolute atomic E-state index is 10.8. The molecule has 100 valence electrons. The fourth-order valence-electron chi connectivity index (χ4n) is 2.04. The maximum atomic E-state index is 10.8. The van der Waals surface area contributed by atoms with Crippen LogP contribution < -0.4 is 4.74 Å². The molecule has 0 aliphatic rings. The normalized spacial score (nSPS) is 12.4. The molecule has 0 heterocycles. The van der Waals surface area contributed by atoms with Crippen LogP contribution in [-0.2, 0) is 11.3 Å². The number of benzene rings is 1. The number of carboxylic acid groups (broad SMARTS) is 1. The van der Waals surface area contributed by atoms with Crippen molar-refractivity contribution in [2.45, 2.75) is 32.4 Å². The zero-order chi connectivity index (χ0) is 13.5. The van der Waals surface area contributed by atoms with Crippen LogP contribution >= 0.6 is 0 Å². The first-order valence-corrected chi connectivity index (χ1v) is 6.12. The first kappa shape index (κ1) is 14.5. The zero-order valence-electron chi connectivity index (χ0n) is 11.2. The molecule has 0 amide bonds. The predicted octanol–water partition coefficient (Wildman–Crippen LogP) is 2.38. The van der Waals surface area contributed by atoms with Gasteiger partial charge in [0, 0.05) is 18.2 Å². The van der Waals surface area contributed by atoms with Crippen molar-refractivity contribution in [3.05, 3.63) is 29.8 Å². The van der Waals surface area contributed by atoms with E-state index in [2.05, 4.69) is 4.90 Å². The standard InChI is InChI=1S/C14H21NO3/c1-4-12(9-14(16)17)15(2)10-11-7-5-6-8-13(11)18-3/h5-8,12H,4,9-10H2,1-3H3,(H,16,17). The minimum atomic E-state index is -0.756. The van der Waals surface area contributed by atoms with Crippen LogP contribution in [0, 0.1) is 0 Å². The van der Waals surface area contributed by atoms with Gasteiger partial charge in [0.1, 0.15) is 5.75 Å². The smallest absolute Gasteiger partial charge is 0.304 e. The summed E-state index contributed by atoms with van der Waals surface area (Å²) in [5, 5.41) is 8.88. The van der Waals surface area contributed by atoms with Gasteiger partial charge in [-0.2, -0.15) is 0 Å². The Balaban J connectivity index is 2.72. The molecule has 0 spiro atoms. The Kier molecular flexibility index (Phi) is 5.65. The van der Waals surface area contributed by atoms with E-state index in [4.69, 9.17) is 9.84 Å². The maximum Gasteiger partial charge on any atom is 0.304 e. The zero-order valence-corrected chi connectivity index (χ0v) is 11.2. The molecule has 0 saturated carbocycles. The highest BCUT2D eigenvalue weighted by Crippen LogP contribution is 2.20. The van der Waals surface area contributed by atoms with E-state index in [1.54, 1.807) is 7.11 Å². The van der Waals surface area contributed by atoms with Crippen molar-refractivity contribution < 1.29 is 14.6 Å². The third kappa shape index (κ3) is 4.04. The summed E-state index contributed by atoms with van der Waals surface area (Å²) in [6, 6.07) is 7.86. The molecule has 0 bridgehead atoms. The van der Waals surface area contributed by atoms with E-state index in [1.165, 1.54) is 0 Å². The molecule has 0 fully saturated rings. The van der Waals surface area contributed by atoms with Crippen LogP contribution in [0.2, 0.25) is 0 Å². The summed E-state index contributed by atoms with van der Waals surface area (Å²) in [7, 11) is 3.59. The number of methoxy groups -OCH3 is 1. The molecule has 1 aromatic carbocycles. The highest BCUT2D eigenvalue weighted by atomic mass is 16.5. The number of carboxylic acids is 1. The van der Waals surface area contributed by atoms with Crippen LogP contribution in [0.4, 0.5) is 0 Å². The number of hydrogen-bond acceptors (Lipinski definition) is 3. The van der Waals surface area contributed by atoms with E-state index >= 15 is 0 Å². The van der Waals surface area contributed by atoms with Gasteiger partial charge in [-0.25, -0.2) is 0 Å². The quantitative estimate of drug-likeness (QED) is 0.808. The Morgan fingerprint density at radius 3 is 2.67 bits per heavy atom. The van der Waals surface area contributed by atoms with E-state index in [-0.39, 0.29) is 12.5 Å². The molecule has 1 unspecified atom stereocenters. The molecule has 0 aromatic heterocycles. The second-order valence-electron chi connectivity index (χ2n) is 4.39. The lowest BCUT2D eigenvalue weighted by Gasteiger charge is -2.26. The topological polar surface area (TPSA) is 49.8 Å². The van der Waals surface area contributed by atoms with Crippen molar-refractivity contribution in [3.8, 4) is 5.75 Å². The number of para-hydroxylation sites is 1. The van der Waals surface area contributed by atoms with E-state index in [0.717, 1.165) is 17.7 Å². The van der Waals surface area contributed by atoms with Gasteiger partial charge in [0.2, 0.25) is 0 Å². The summed E-state index contributed by atoms with van der Waals surface area (Å²) >= 11 is 0. The summed E-state index contributed by atoms with van der Waals surface area (Å²) in [6.45, 7) is 2.70. The summed E-state index contributed by atoms with van der Waals surface area (Å²) in [5.74, 6) is 0.0863.